The molecule has 1 saturated heterocycles. The first-order valence-corrected chi connectivity index (χ1v) is 11.9. The van der Waals surface area contributed by atoms with Crippen molar-refractivity contribution in [2.24, 2.45) is 0 Å². The minimum absolute atomic E-state index is 0.0128. The van der Waals surface area contributed by atoms with E-state index >= 15 is 0 Å². The van der Waals surface area contributed by atoms with E-state index in [-0.39, 0.29) is 11.6 Å². The number of hydrogen-bond acceptors (Lipinski definition) is 8. The minimum atomic E-state index is -1.14. The van der Waals surface area contributed by atoms with Gasteiger partial charge >= 0.3 is 5.97 Å². The molecule has 0 bridgehead atoms. The molecule has 4 rings (SSSR count). The molecular formula is C19H18N4O4S3. The lowest BCUT2D eigenvalue weighted by molar-refractivity contribution is -0.148. The van der Waals surface area contributed by atoms with Crippen LogP contribution in [-0.2, 0) is 9.59 Å². The zero-order chi connectivity index (χ0) is 21.4. The van der Waals surface area contributed by atoms with Crippen molar-refractivity contribution in [2.75, 3.05) is 11.5 Å². The first-order chi connectivity index (χ1) is 14.4. The molecule has 11 heteroatoms. The molecule has 3 heterocycles. The average Bonchev–Trinajstić information content (AvgIpc) is 3.14. The second-order valence-electron chi connectivity index (χ2n) is 6.81. The highest BCUT2D eigenvalue weighted by Gasteiger charge is 2.54. The molecule has 2 atom stereocenters. The van der Waals surface area contributed by atoms with Crippen molar-refractivity contribution in [1.29, 1.82) is 0 Å². The minimum Gasteiger partial charge on any atom is -0.477 e. The van der Waals surface area contributed by atoms with Crippen LogP contribution in [0.2, 0.25) is 0 Å². The van der Waals surface area contributed by atoms with E-state index in [1.165, 1.54) is 39.8 Å². The van der Waals surface area contributed by atoms with Gasteiger partial charge in [0.05, 0.1) is 0 Å². The Morgan fingerprint density at radius 3 is 2.73 bits per heavy atom. The highest BCUT2D eigenvalue weighted by Crippen LogP contribution is 2.41. The van der Waals surface area contributed by atoms with Gasteiger partial charge in [-0.05, 0) is 31.1 Å². The van der Waals surface area contributed by atoms with Gasteiger partial charge in [0.25, 0.3) is 11.8 Å². The number of benzene rings is 1. The molecule has 0 spiro atoms. The Labute approximate surface area is 185 Å². The van der Waals surface area contributed by atoms with E-state index in [2.05, 4.69) is 15.5 Å². The number of aliphatic carboxylic acids is 1. The number of hydrogen-bond donors (Lipinski definition) is 2. The number of thioether (sulfide) groups is 2. The molecule has 0 unspecified atom stereocenters. The zero-order valence-electron chi connectivity index (χ0n) is 16.1. The number of fused-ring (bicyclic) bond motifs is 1. The van der Waals surface area contributed by atoms with Gasteiger partial charge in [0, 0.05) is 17.1 Å². The Morgan fingerprint density at radius 1 is 1.30 bits per heavy atom. The van der Waals surface area contributed by atoms with Crippen molar-refractivity contribution in [2.45, 2.75) is 29.6 Å². The summed E-state index contributed by atoms with van der Waals surface area (Å²) in [6, 6.07) is 6.39. The lowest BCUT2D eigenvalue weighted by atomic mass is 10.0. The quantitative estimate of drug-likeness (QED) is 0.497. The fourth-order valence-corrected chi connectivity index (χ4v) is 6.63. The standard InChI is InChI=1S/C19H18N4O4S3/c1-9-5-3-4-6-12(9)15(24)20-13-16(25)23-14(18(26)27)11(7-28-17(13)23)8-29-19-22-21-10(2)30-19/h3-6,13,17H,7-8H2,1-2H3,(H,20,24)(H,26,27)/t13-,17+/m0/s1. The molecule has 0 radical (unpaired) electrons. The van der Waals surface area contributed by atoms with E-state index in [0.717, 1.165) is 14.9 Å². The lowest BCUT2D eigenvalue weighted by Gasteiger charge is -2.49. The number of rotatable bonds is 6. The molecule has 1 aromatic heterocycles. The Balaban J connectivity index is 1.49. The number of carbonyl (C=O) groups is 3. The molecule has 2 aliphatic rings. The van der Waals surface area contributed by atoms with E-state index < -0.39 is 23.3 Å². The van der Waals surface area contributed by atoms with Crippen LogP contribution in [0.3, 0.4) is 0 Å². The van der Waals surface area contributed by atoms with Crippen LogP contribution >= 0.6 is 34.9 Å². The molecule has 2 aliphatic heterocycles. The largest absolute Gasteiger partial charge is 0.477 e. The molecule has 2 N–H and O–H groups in total. The zero-order valence-corrected chi connectivity index (χ0v) is 18.6. The van der Waals surface area contributed by atoms with Crippen LogP contribution in [0.25, 0.3) is 0 Å². The molecule has 1 fully saturated rings. The molecular weight excluding hydrogens is 444 g/mol. The number of nitrogens with zero attached hydrogens (tertiary/aromatic N) is 3. The summed E-state index contributed by atoms with van der Waals surface area (Å²) < 4.78 is 0.759. The molecule has 0 saturated carbocycles. The van der Waals surface area contributed by atoms with E-state index in [4.69, 9.17) is 0 Å². The molecule has 30 heavy (non-hydrogen) atoms. The van der Waals surface area contributed by atoms with Gasteiger partial charge in [-0.3, -0.25) is 14.5 Å². The van der Waals surface area contributed by atoms with Crippen molar-refractivity contribution < 1.29 is 19.5 Å². The van der Waals surface area contributed by atoms with Crippen LogP contribution in [0.5, 0.6) is 0 Å². The number of aromatic nitrogens is 2. The maximum absolute atomic E-state index is 12.8. The number of carbonyl (C=O) groups excluding carboxylic acids is 2. The third kappa shape index (κ3) is 3.84. The predicted octanol–water partition coefficient (Wildman–Crippen LogP) is 2.30. The molecule has 156 valence electrons. The van der Waals surface area contributed by atoms with Crippen LogP contribution < -0.4 is 5.32 Å². The van der Waals surface area contributed by atoms with Crippen LogP contribution in [-0.4, -0.2) is 60.9 Å². The maximum Gasteiger partial charge on any atom is 0.352 e. The van der Waals surface area contributed by atoms with Gasteiger partial charge < -0.3 is 10.4 Å². The number of carboxylic acid groups (broad SMARTS) is 1. The third-order valence-electron chi connectivity index (χ3n) is 4.80. The summed E-state index contributed by atoms with van der Waals surface area (Å²) in [6.45, 7) is 3.68. The van der Waals surface area contributed by atoms with Gasteiger partial charge in [0.2, 0.25) is 0 Å². The van der Waals surface area contributed by atoms with Gasteiger partial charge in [-0.15, -0.1) is 22.0 Å². The van der Waals surface area contributed by atoms with E-state index in [1.54, 1.807) is 12.1 Å². The Morgan fingerprint density at radius 2 is 2.07 bits per heavy atom. The number of nitrogens with one attached hydrogen (secondary N) is 1. The maximum atomic E-state index is 12.8. The number of carboxylic acids is 1. The van der Waals surface area contributed by atoms with Gasteiger partial charge in [-0.1, -0.05) is 41.3 Å². The summed E-state index contributed by atoms with van der Waals surface area (Å²) in [6.07, 6.45) is 0. The number of aryl methyl sites for hydroxylation is 2. The second-order valence-corrected chi connectivity index (χ2v) is 10.3. The monoisotopic (exact) mass is 462 g/mol. The highest BCUT2D eigenvalue weighted by atomic mass is 32.2. The summed E-state index contributed by atoms with van der Waals surface area (Å²) in [5.41, 5.74) is 1.99. The molecule has 0 aliphatic carbocycles. The average molecular weight is 463 g/mol. The van der Waals surface area contributed by atoms with Crippen LogP contribution in [0.4, 0.5) is 0 Å². The summed E-state index contributed by atoms with van der Waals surface area (Å²) in [7, 11) is 0. The SMILES string of the molecule is Cc1nnc(SCC2=C(C(=O)O)N3C(=O)[C@H](NC(=O)c4ccccc4C)[C@H]3SC2)s1. The van der Waals surface area contributed by atoms with Crippen LogP contribution in [0.1, 0.15) is 20.9 Å². The van der Waals surface area contributed by atoms with Crippen molar-refractivity contribution in [3.63, 3.8) is 0 Å². The van der Waals surface area contributed by atoms with E-state index in [9.17, 15) is 19.5 Å². The Hall–Kier alpha value is -2.37. The number of amides is 2. The van der Waals surface area contributed by atoms with Gasteiger partial charge in [0.15, 0.2) is 4.34 Å². The first-order valence-electron chi connectivity index (χ1n) is 9.06. The van der Waals surface area contributed by atoms with Crippen LogP contribution in [0, 0.1) is 13.8 Å². The topological polar surface area (TPSA) is 112 Å². The fraction of sp³-hybridized carbons (Fsp3) is 0.316. The fourth-order valence-electron chi connectivity index (χ4n) is 3.33. The molecule has 2 amide bonds. The predicted molar refractivity (Wildman–Crippen MR) is 116 cm³/mol. The second kappa shape index (κ2) is 8.40. The van der Waals surface area contributed by atoms with Crippen LogP contribution in [0.15, 0.2) is 39.9 Å². The molecule has 8 nitrogen and oxygen atoms in total. The smallest absolute Gasteiger partial charge is 0.352 e. The van der Waals surface area contributed by atoms with Crippen molar-refractivity contribution in [3.05, 3.63) is 51.7 Å². The van der Waals surface area contributed by atoms with Gasteiger partial charge in [0.1, 0.15) is 22.1 Å². The normalized spacial score (nSPS) is 20.6. The summed E-state index contributed by atoms with van der Waals surface area (Å²) in [5, 5.41) is 20.9. The van der Waals surface area contributed by atoms with E-state index in [0.29, 0.717) is 22.6 Å². The van der Waals surface area contributed by atoms with Crippen molar-refractivity contribution in [3.8, 4) is 0 Å². The molecule has 1 aromatic carbocycles. The third-order valence-corrected chi connectivity index (χ3v) is 8.20. The Bertz CT molecular complexity index is 1070. The summed E-state index contributed by atoms with van der Waals surface area (Å²) >= 11 is 4.31. The highest BCUT2D eigenvalue weighted by molar-refractivity contribution is 8.01. The lowest BCUT2D eigenvalue weighted by Crippen LogP contribution is -2.70. The number of β-lactam (4-membered cyclic amide) rings is 1. The first kappa shape index (κ1) is 20.9. The van der Waals surface area contributed by atoms with Crippen molar-refractivity contribution in [1.82, 2.24) is 20.4 Å². The van der Waals surface area contributed by atoms with Gasteiger partial charge in [-0.2, -0.15) is 0 Å². The van der Waals surface area contributed by atoms with Crippen molar-refractivity contribution >= 4 is 52.6 Å². The molecule has 2 aromatic rings. The van der Waals surface area contributed by atoms with Gasteiger partial charge in [-0.25, -0.2) is 4.79 Å². The Kier molecular flexibility index (Phi) is 5.85. The summed E-state index contributed by atoms with van der Waals surface area (Å²) in [5.74, 6) is -0.986. The van der Waals surface area contributed by atoms with E-state index in [1.807, 2.05) is 26.0 Å². The summed E-state index contributed by atoms with van der Waals surface area (Å²) in [4.78, 5) is 38.6.